The Labute approximate surface area is 189 Å². The predicted molar refractivity (Wildman–Crippen MR) is 126 cm³/mol. The first-order valence-electron chi connectivity index (χ1n) is 11.9. The van der Waals surface area contributed by atoms with E-state index in [1.807, 2.05) is 0 Å². The number of carbonyl (C=O) groups is 2. The summed E-state index contributed by atoms with van der Waals surface area (Å²) in [4.78, 5) is 53.5. The molecule has 172 valence electrons. The molecule has 1 N–H and O–H groups in total. The van der Waals surface area contributed by atoms with E-state index in [0.717, 1.165) is 19.3 Å². The van der Waals surface area contributed by atoms with Gasteiger partial charge in [-0.2, -0.15) is 0 Å². The van der Waals surface area contributed by atoms with Crippen LogP contribution >= 0.6 is 0 Å². The van der Waals surface area contributed by atoms with Crippen LogP contribution in [0.1, 0.15) is 114 Å². The van der Waals surface area contributed by atoms with Gasteiger partial charge in [-0.15, -0.1) is 0 Å². The fourth-order valence-electron chi connectivity index (χ4n) is 4.66. The normalized spacial score (nSPS) is 12.7. The Kier molecular flexibility index (Phi) is 7.99. The minimum absolute atomic E-state index is 0.0117. The lowest BCUT2D eigenvalue weighted by atomic mass is 9.84. The molecule has 0 aromatic carbocycles. The SMILES string of the molecule is CCCCCCCCCCCCc1cc(=O)[nH]c2c1C(=O)c1c(C)cc(=O)n(C)c1C2=O. The lowest BCUT2D eigenvalue weighted by Gasteiger charge is -2.22. The van der Waals surface area contributed by atoms with Crippen molar-refractivity contribution >= 4 is 11.6 Å². The lowest BCUT2D eigenvalue weighted by molar-refractivity contribution is 0.0966. The van der Waals surface area contributed by atoms with E-state index < -0.39 is 11.3 Å². The fraction of sp³-hybridized carbons (Fsp3) is 0.538. The molecule has 0 bridgehead atoms. The molecule has 0 atom stereocenters. The van der Waals surface area contributed by atoms with E-state index in [1.165, 1.54) is 68.7 Å². The van der Waals surface area contributed by atoms with Crippen LogP contribution in [0.25, 0.3) is 0 Å². The molecule has 1 aliphatic rings. The number of hydrogen-bond acceptors (Lipinski definition) is 4. The summed E-state index contributed by atoms with van der Waals surface area (Å²) in [5, 5.41) is 0. The van der Waals surface area contributed by atoms with E-state index in [1.54, 1.807) is 6.92 Å². The van der Waals surface area contributed by atoms with E-state index in [-0.39, 0.29) is 28.3 Å². The second-order valence-electron chi connectivity index (χ2n) is 8.95. The van der Waals surface area contributed by atoms with E-state index >= 15 is 0 Å². The molecule has 0 saturated heterocycles. The van der Waals surface area contributed by atoms with Gasteiger partial charge in [-0.25, -0.2) is 0 Å². The molecule has 0 aliphatic heterocycles. The maximum absolute atomic E-state index is 13.4. The number of hydrogen-bond donors (Lipinski definition) is 1. The van der Waals surface area contributed by atoms with Crippen LogP contribution in [0.3, 0.4) is 0 Å². The fourth-order valence-corrected chi connectivity index (χ4v) is 4.66. The van der Waals surface area contributed by atoms with Crippen molar-refractivity contribution in [2.75, 3.05) is 0 Å². The Morgan fingerprint density at radius 1 is 0.781 bits per heavy atom. The number of unbranched alkanes of at least 4 members (excludes halogenated alkanes) is 9. The molecule has 0 spiro atoms. The molecule has 0 unspecified atom stereocenters. The number of aromatic nitrogens is 2. The third-order valence-electron chi connectivity index (χ3n) is 6.46. The van der Waals surface area contributed by atoms with Crippen molar-refractivity contribution in [1.29, 1.82) is 0 Å². The smallest absolute Gasteiger partial charge is 0.251 e. The van der Waals surface area contributed by atoms with Gasteiger partial charge in [0.05, 0.1) is 11.1 Å². The second-order valence-corrected chi connectivity index (χ2v) is 8.95. The maximum atomic E-state index is 13.4. The number of nitrogens with zero attached hydrogens (tertiary/aromatic N) is 1. The molecule has 6 nitrogen and oxygen atoms in total. The Hall–Kier alpha value is -2.76. The number of ketones is 2. The second kappa shape index (κ2) is 10.7. The van der Waals surface area contributed by atoms with Gasteiger partial charge in [0.2, 0.25) is 11.3 Å². The highest BCUT2D eigenvalue weighted by Gasteiger charge is 2.35. The van der Waals surface area contributed by atoms with Crippen LogP contribution < -0.4 is 11.1 Å². The van der Waals surface area contributed by atoms with E-state index in [9.17, 15) is 19.2 Å². The van der Waals surface area contributed by atoms with E-state index in [0.29, 0.717) is 23.1 Å². The van der Waals surface area contributed by atoms with Crippen molar-refractivity contribution in [2.24, 2.45) is 7.05 Å². The monoisotopic (exact) mass is 438 g/mol. The van der Waals surface area contributed by atoms with E-state index in [2.05, 4.69) is 11.9 Å². The molecule has 2 aromatic heterocycles. The maximum Gasteiger partial charge on any atom is 0.251 e. The molecule has 0 amide bonds. The molecular weight excluding hydrogens is 404 g/mol. The van der Waals surface area contributed by atoms with Crippen molar-refractivity contribution in [2.45, 2.75) is 84.5 Å². The molecule has 32 heavy (non-hydrogen) atoms. The number of H-pyrrole nitrogens is 1. The average molecular weight is 439 g/mol. The van der Waals surface area contributed by atoms with Gasteiger partial charge in [-0.05, 0) is 30.9 Å². The topological polar surface area (TPSA) is 89.0 Å². The molecule has 2 heterocycles. The summed E-state index contributed by atoms with van der Waals surface area (Å²) in [6, 6.07) is 2.82. The van der Waals surface area contributed by atoms with Gasteiger partial charge in [-0.1, -0.05) is 64.7 Å². The Bertz CT molecular complexity index is 1120. The summed E-state index contributed by atoms with van der Waals surface area (Å²) in [6.45, 7) is 3.90. The summed E-state index contributed by atoms with van der Waals surface area (Å²) < 4.78 is 1.19. The Morgan fingerprint density at radius 3 is 2.00 bits per heavy atom. The zero-order valence-corrected chi connectivity index (χ0v) is 19.5. The molecule has 2 aromatic rings. The number of fused-ring (bicyclic) bond motifs is 2. The summed E-state index contributed by atoms with van der Waals surface area (Å²) in [5.41, 5.74) is 0.990. The molecule has 1 aliphatic carbocycles. The molecule has 3 rings (SSSR count). The van der Waals surface area contributed by atoms with Gasteiger partial charge in [0.25, 0.3) is 5.56 Å². The molecule has 6 heteroatoms. The van der Waals surface area contributed by atoms with Crippen molar-refractivity contribution in [1.82, 2.24) is 9.55 Å². The largest absolute Gasteiger partial charge is 0.318 e. The highest BCUT2D eigenvalue weighted by molar-refractivity contribution is 6.28. The molecule has 0 radical (unpaired) electrons. The van der Waals surface area contributed by atoms with Gasteiger partial charge in [0.1, 0.15) is 11.4 Å². The van der Waals surface area contributed by atoms with Crippen molar-refractivity contribution in [3.05, 3.63) is 66.5 Å². The van der Waals surface area contributed by atoms with Crippen LogP contribution in [-0.2, 0) is 13.5 Å². The number of rotatable bonds is 11. The lowest BCUT2D eigenvalue weighted by Crippen LogP contribution is -2.35. The first kappa shape index (κ1) is 23.9. The van der Waals surface area contributed by atoms with Crippen LogP contribution in [0.15, 0.2) is 21.7 Å². The number of pyridine rings is 2. The number of carbonyl (C=O) groups excluding carboxylic acids is 2. The van der Waals surface area contributed by atoms with Gasteiger partial charge in [0, 0.05) is 19.2 Å². The molecule has 0 saturated carbocycles. The van der Waals surface area contributed by atoms with Crippen LogP contribution in [0.2, 0.25) is 0 Å². The summed E-state index contributed by atoms with van der Waals surface area (Å²) in [6.07, 6.45) is 12.6. The number of aromatic amines is 1. The number of aryl methyl sites for hydroxylation is 2. The Morgan fingerprint density at radius 2 is 1.38 bits per heavy atom. The number of nitrogens with one attached hydrogen (secondary N) is 1. The van der Waals surface area contributed by atoms with Gasteiger partial charge >= 0.3 is 0 Å². The van der Waals surface area contributed by atoms with Crippen LogP contribution in [0, 0.1) is 6.92 Å². The predicted octanol–water partition coefficient (Wildman–Crippen LogP) is 4.62. The minimum Gasteiger partial charge on any atom is -0.318 e. The third-order valence-corrected chi connectivity index (χ3v) is 6.46. The van der Waals surface area contributed by atoms with Crippen molar-refractivity contribution in [3.63, 3.8) is 0 Å². The standard InChI is InChI=1S/C26H34N2O4/c1-4-5-6-7-8-9-10-11-12-13-14-18-16-19(29)27-23-22(18)25(31)21-17(2)15-20(30)28(3)24(21)26(23)32/h15-16H,4-14H2,1-3H3,(H,27,29). The zero-order chi connectivity index (χ0) is 23.3. The third kappa shape index (κ3) is 5.00. The van der Waals surface area contributed by atoms with Gasteiger partial charge in [-0.3, -0.25) is 19.2 Å². The van der Waals surface area contributed by atoms with E-state index in [4.69, 9.17) is 0 Å². The van der Waals surface area contributed by atoms with Crippen molar-refractivity contribution < 1.29 is 9.59 Å². The minimum atomic E-state index is -0.472. The summed E-state index contributed by atoms with van der Waals surface area (Å²) in [7, 11) is 1.47. The molecular formula is C26H34N2O4. The van der Waals surface area contributed by atoms with Crippen molar-refractivity contribution in [3.8, 4) is 0 Å². The zero-order valence-electron chi connectivity index (χ0n) is 19.5. The Balaban J connectivity index is 1.70. The molecule has 0 fully saturated rings. The highest BCUT2D eigenvalue weighted by Crippen LogP contribution is 2.29. The first-order chi connectivity index (χ1) is 15.4. The van der Waals surface area contributed by atoms with Gasteiger partial charge < -0.3 is 9.55 Å². The highest BCUT2D eigenvalue weighted by atomic mass is 16.2. The summed E-state index contributed by atoms with van der Waals surface area (Å²) in [5.74, 6) is -0.763. The van der Waals surface area contributed by atoms with Gasteiger partial charge in [0.15, 0.2) is 5.78 Å². The average Bonchev–Trinajstić information content (AvgIpc) is 2.75. The van der Waals surface area contributed by atoms with Crippen LogP contribution in [0.5, 0.6) is 0 Å². The quantitative estimate of drug-likeness (QED) is 0.442. The van der Waals surface area contributed by atoms with Crippen LogP contribution in [0.4, 0.5) is 0 Å². The first-order valence-corrected chi connectivity index (χ1v) is 11.9. The summed E-state index contributed by atoms with van der Waals surface area (Å²) >= 11 is 0. The van der Waals surface area contributed by atoms with Crippen LogP contribution in [-0.4, -0.2) is 21.1 Å².